The molecule has 0 aliphatic rings. The van der Waals surface area contributed by atoms with Crippen LogP contribution in [0.4, 0.5) is 11.6 Å². The molecule has 0 atom stereocenters. The Morgan fingerprint density at radius 3 is 2.62 bits per heavy atom. The van der Waals surface area contributed by atoms with Gasteiger partial charge in [-0.15, -0.1) is 10.2 Å². The number of hydrogen-bond donors (Lipinski definition) is 3. The van der Waals surface area contributed by atoms with E-state index in [2.05, 4.69) is 20.8 Å². The highest BCUT2D eigenvalue weighted by Crippen LogP contribution is 2.15. The number of amides is 1. The molecule has 0 unspecified atom stereocenters. The fourth-order valence-corrected chi connectivity index (χ4v) is 1.17. The van der Waals surface area contributed by atoms with Crippen LogP contribution >= 0.6 is 0 Å². The number of nitrogens with zero attached hydrogens (tertiary/aromatic N) is 2. The summed E-state index contributed by atoms with van der Waals surface area (Å²) in [6, 6.07) is 3.38. The lowest BCUT2D eigenvalue weighted by Gasteiger charge is -2.22. The summed E-state index contributed by atoms with van der Waals surface area (Å²) in [6.45, 7) is 4.18. The van der Waals surface area contributed by atoms with Gasteiger partial charge in [0.25, 0.3) is 0 Å². The number of nitrogens with one attached hydrogen (secondary N) is 2. The summed E-state index contributed by atoms with van der Waals surface area (Å²) in [5.74, 6) is 0.950. The Hall–Kier alpha value is -1.85. The lowest BCUT2D eigenvalue weighted by molar-refractivity contribution is -0.128. The summed E-state index contributed by atoms with van der Waals surface area (Å²) in [4.78, 5) is 11.5. The summed E-state index contributed by atoms with van der Waals surface area (Å²) in [6.07, 6.45) is 0. The minimum absolute atomic E-state index is 0.0246. The van der Waals surface area contributed by atoms with Crippen LogP contribution in [0.15, 0.2) is 12.1 Å². The van der Waals surface area contributed by atoms with Crippen molar-refractivity contribution in [3.05, 3.63) is 12.1 Å². The molecule has 88 valence electrons. The third-order valence-electron chi connectivity index (χ3n) is 2.24. The molecule has 0 bridgehead atoms. The maximum Gasteiger partial charge on any atom is 0.227 e. The number of hydrogen-bond acceptors (Lipinski definition) is 5. The molecule has 0 fully saturated rings. The van der Waals surface area contributed by atoms with Gasteiger partial charge in [0.05, 0.1) is 5.41 Å². The van der Waals surface area contributed by atoms with Gasteiger partial charge in [-0.1, -0.05) is 0 Å². The predicted molar refractivity (Wildman–Crippen MR) is 62.8 cm³/mol. The smallest absolute Gasteiger partial charge is 0.227 e. The molecule has 1 aromatic heterocycles. The SMILES string of the molecule is CNC(=O)C(C)(C)CNc1ccc(N)nn1. The van der Waals surface area contributed by atoms with Gasteiger partial charge >= 0.3 is 0 Å². The Balaban J connectivity index is 2.57. The topological polar surface area (TPSA) is 92.9 Å². The third kappa shape index (κ3) is 3.08. The van der Waals surface area contributed by atoms with Crippen LogP contribution in [0, 0.1) is 5.41 Å². The van der Waals surface area contributed by atoms with Crippen LogP contribution in [0.1, 0.15) is 13.8 Å². The average molecular weight is 223 g/mol. The highest BCUT2D eigenvalue weighted by atomic mass is 16.2. The Kier molecular flexibility index (Phi) is 3.65. The first-order valence-electron chi connectivity index (χ1n) is 5.01. The number of nitrogen functional groups attached to an aromatic ring is 1. The standard InChI is InChI=1S/C10H17N5O/c1-10(2,9(16)12-3)6-13-8-5-4-7(11)14-15-8/h4-5H,6H2,1-3H3,(H2,11,14)(H,12,16)(H,13,15). The minimum atomic E-state index is -0.502. The van der Waals surface area contributed by atoms with Gasteiger partial charge in [-0.25, -0.2) is 0 Å². The van der Waals surface area contributed by atoms with Crippen LogP contribution in [0.5, 0.6) is 0 Å². The second kappa shape index (κ2) is 4.78. The average Bonchev–Trinajstić information content (AvgIpc) is 2.27. The second-order valence-electron chi connectivity index (χ2n) is 4.16. The zero-order chi connectivity index (χ0) is 12.2. The summed E-state index contributed by atoms with van der Waals surface area (Å²) in [5, 5.41) is 13.2. The summed E-state index contributed by atoms with van der Waals surface area (Å²) < 4.78 is 0. The van der Waals surface area contributed by atoms with Crippen LogP contribution in [-0.2, 0) is 4.79 Å². The van der Waals surface area contributed by atoms with Gasteiger partial charge in [-0.2, -0.15) is 0 Å². The number of nitrogens with two attached hydrogens (primary N) is 1. The fourth-order valence-electron chi connectivity index (χ4n) is 1.17. The molecule has 16 heavy (non-hydrogen) atoms. The van der Waals surface area contributed by atoms with Crippen molar-refractivity contribution >= 4 is 17.5 Å². The number of carbonyl (C=O) groups excluding carboxylic acids is 1. The van der Waals surface area contributed by atoms with Gasteiger partial charge in [-0.05, 0) is 26.0 Å². The number of carbonyl (C=O) groups is 1. The van der Waals surface area contributed by atoms with E-state index in [4.69, 9.17) is 5.73 Å². The first-order valence-corrected chi connectivity index (χ1v) is 5.01. The summed E-state index contributed by atoms with van der Waals surface area (Å²) in [7, 11) is 1.62. The van der Waals surface area contributed by atoms with E-state index in [1.165, 1.54) is 0 Å². The highest BCUT2D eigenvalue weighted by Gasteiger charge is 2.26. The quantitative estimate of drug-likeness (QED) is 0.680. The third-order valence-corrected chi connectivity index (χ3v) is 2.24. The molecular formula is C10H17N5O. The molecule has 0 aromatic carbocycles. The first kappa shape index (κ1) is 12.2. The van der Waals surface area contributed by atoms with Gasteiger partial charge in [-0.3, -0.25) is 4.79 Å². The van der Waals surface area contributed by atoms with Crippen molar-refractivity contribution < 1.29 is 4.79 Å². The summed E-state index contributed by atoms with van der Waals surface area (Å²) in [5.41, 5.74) is 4.91. The van der Waals surface area contributed by atoms with E-state index in [1.807, 2.05) is 13.8 Å². The molecular weight excluding hydrogens is 206 g/mol. The molecule has 6 heteroatoms. The maximum absolute atomic E-state index is 11.5. The number of rotatable bonds is 4. The zero-order valence-electron chi connectivity index (χ0n) is 9.74. The van der Waals surface area contributed by atoms with Crippen molar-refractivity contribution in [2.75, 3.05) is 24.6 Å². The Morgan fingerprint density at radius 2 is 2.12 bits per heavy atom. The molecule has 1 rings (SSSR count). The molecule has 0 saturated carbocycles. The molecule has 1 amide bonds. The predicted octanol–water partition coefficient (Wildman–Crippen LogP) is 0.243. The number of aromatic nitrogens is 2. The van der Waals surface area contributed by atoms with Crippen LogP contribution in [-0.4, -0.2) is 29.7 Å². The molecule has 6 nitrogen and oxygen atoms in total. The first-order chi connectivity index (χ1) is 7.45. The van der Waals surface area contributed by atoms with Gasteiger partial charge in [0.1, 0.15) is 11.6 Å². The minimum Gasteiger partial charge on any atom is -0.382 e. The van der Waals surface area contributed by atoms with E-state index >= 15 is 0 Å². The van der Waals surface area contributed by atoms with Crippen LogP contribution in [0.3, 0.4) is 0 Å². The van der Waals surface area contributed by atoms with E-state index < -0.39 is 5.41 Å². The Labute approximate surface area is 94.6 Å². The van der Waals surface area contributed by atoms with E-state index in [1.54, 1.807) is 19.2 Å². The second-order valence-corrected chi connectivity index (χ2v) is 4.16. The molecule has 0 spiro atoms. The number of anilines is 2. The zero-order valence-corrected chi connectivity index (χ0v) is 9.74. The van der Waals surface area contributed by atoms with E-state index in [9.17, 15) is 4.79 Å². The van der Waals surface area contributed by atoms with E-state index in [0.29, 0.717) is 18.2 Å². The van der Waals surface area contributed by atoms with Gasteiger partial charge in [0, 0.05) is 13.6 Å². The largest absolute Gasteiger partial charge is 0.382 e. The Morgan fingerprint density at radius 1 is 1.44 bits per heavy atom. The van der Waals surface area contributed by atoms with Crippen molar-refractivity contribution in [2.24, 2.45) is 5.41 Å². The fraction of sp³-hybridized carbons (Fsp3) is 0.500. The molecule has 0 radical (unpaired) electrons. The van der Waals surface area contributed by atoms with Crippen molar-refractivity contribution in [3.63, 3.8) is 0 Å². The molecule has 1 heterocycles. The van der Waals surface area contributed by atoms with Gasteiger partial charge in [0.2, 0.25) is 5.91 Å². The molecule has 4 N–H and O–H groups in total. The van der Waals surface area contributed by atoms with Gasteiger partial charge in [0.15, 0.2) is 0 Å². The lowest BCUT2D eigenvalue weighted by atomic mass is 9.92. The van der Waals surface area contributed by atoms with Crippen molar-refractivity contribution in [1.29, 1.82) is 0 Å². The van der Waals surface area contributed by atoms with Crippen molar-refractivity contribution in [1.82, 2.24) is 15.5 Å². The van der Waals surface area contributed by atoms with Crippen LogP contribution in [0.25, 0.3) is 0 Å². The monoisotopic (exact) mass is 223 g/mol. The van der Waals surface area contributed by atoms with Gasteiger partial charge < -0.3 is 16.4 Å². The van der Waals surface area contributed by atoms with E-state index in [0.717, 1.165) is 0 Å². The Bertz CT molecular complexity index is 360. The molecule has 0 saturated heterocycles. The van der Waals surface area contributed by atoms with Crippen molar-refractivity contribution in [3.8, 4) is 0 Å². The van der Waals surface area contributed by atoms with E-state index in [-0.39, 0.29) is 5.91 Å². The van der Waals surface area contributed by atoms with Crippen LogP contribution in [0.2, 0.25) is 0 Å². The molecule has 0 aliphatic carbocycles. The lowest BCUT2D eigenvalue weighted by Crippen LogP contribution is -2.39. The highest BCUT2D eigenvalue weighted by molar-refractivity contribution is 5.82. The maximum atomic E-state index is 11.5. The molecule has 0 aliphatic heterocycles. The van der Waals surface area contributed by atoms with Crippen molar-refractivity contribution in [2.45, 2.75) is 13.8 Å². The van der Waals surface area contributed by atoms with Crippen LogP contribution < -0.4 is 16.4 Å². The normalized spacial score (nSPS) is 10.9. The molecule has 1 aromatic rings. The summed E-state index contributed by atoms with van der Waals surface area (Å²) >= 11 is 0.